The Bertz CT molecular complexity index is 487. The zero-order valence-electron chi connectivity index (χ0n) is 16.8. The second kappa shape index (κ2) is 11.1. The molecule has 0 aliphatic rings. The summed E-state index contributed by atoms with van der Waals surface area (Å²) in [7, 11) is 0.606. The number of hydrogen-bond acceptors (Lipinski definition) is 3. The maximum Gasteiger partial charge on any atom is 0.264 e. The molecule has 2 N–H and O–H groups in total. The monoisotopic (exact) mass is 379 g/mol. The average molecular weight is 380 g/mol. The Morgan fingerprint density at radius 1 is 1.00 bits per heavy atom. The summed E-state index contributed by atoms with van der Waals surface area (Å²) in [5.41, 5.74) is -0.292. The maximum atomic E-state index is 12.0. The van der Waals surface area contributed by atoms with Crippen LogP contribution < -0.4 is 5.32 Å². The van der Waals surface area contributed by atoms with E-state index in [-0.39, 0.29) is 17.1 Å². The highest BCUT2D eigenvalue weighted by Gasteiger charge is 2.24. The predicted molar refractivity (Wildman–Crippen MR) is 103 cm³/mol. The lowest BCUT2D eigenvalue weighted by atomic mass is 9.89. The molecule has 0 aromatic carbocycles. The number of carbonyl (C=O) groups excluding carboxylic acids is 1. The van der Waals surface area contributed by atoms with Gasteiger partial charge in [-0.1, -0.05) is 33.6 Å². The molecule has 0 fully saturated rings. The van der Waals surface area contributed by atoms with Crippen molar-refractivity contribution in [3.05, 3.63) is 0 Å². The zero-order chi connectivity index (χ0) is 19.6. The Morgan fingerprint density at radius 3 is 2.08 bits per heavy atom. The van der Waals surface area contributed by atoms with Crippen LogP contribution in [0.15, 0.2) is 0 Å². The van der Waals surface area contributed by atoms with E-state index < -0.39 is 10.1 Å². The van der Waals surface area contributed by atoms with Gasteiger partial charge in [0, 0.05) is 18.4 Å². The first-order chi connectivity index (χ1) is 11.4. The third-order valence-electron chi connectivity index (χ3n) is 4.89. The number of carbonyl (C=O) groups is 1. The first-order valence-corrected chi connectivity index (χ1v) is 11.1. The van der Waals surface area contributed by atoms with E-state index in [1.165, 1.54) is 0 Å². The van der Waals surface area contributed by atoms with Crippen molar-refractivity contribution in [2.24, 2.45) is 5.41 Å². The summed E-state index contributed by atoms with van der Waals surface area (Å²) in [6.45, 7) is 8.79. The van der Waals surface area contributed by atoms with E-state index >= 15 is 0 Å². The second-order valence-electron chi connectivity index (χ2n) is 8.28. The molecule has 0 saturated heterocycles. The molecule has 0 aromatic rings. The van der Waals surface area contributed by atoms with Gasteiger partial charge in [-0.25, -0.2) is 0 Å². The Morgan fingerprint density at radius 2 is 1.52 bits per heavy atom. The molecular formula is C18H39N2O4S+. The molecule has 0 unspecified atom stereocenters. The first-order valence-electron chi connectivity index (χ1n) is 9.45. The van der Waals surface area contributed by atoms with Crippen LogP contribution in [0.3, 0.4) is 0 Å². The number of hydrogen-bond donors (Lipinski definition) is 2. The molecule has 6 nitrogen and oxygen atoms in total. The number of unbranched alkanes of at least 4 members (excludes halogenated alkanes) is 4. The highest BCUT2D eigenvalue weighted by molar-refractivity contribution is 7.85. The predicted octanol–water partition coefficient (Wildman–Crippen LogP) is 2.84. The number of nitrogens with zero attached hydrogens (tertiary/aromatic N) is 1. The second-order valence-corrected chi connectivity index (χ2v) is 9.86. The van der Waals surface area contributed by atoms with Gasteiger partial charge in [-0.05, 0) is 25.7 Å². The van der Waals surface area contributed by atoms with Crippen LogP contribution in [0.4, 0.5) is 0 Å². The average Bonchev–Trinajstić information content (AvgIpc) is 2.49. The Labute approximate surface area is 154 Å². The fourth-order valence-corrected chi connectivity index (χ4v) is 3.14. The van der Waals surface area contributed by atoms with Crippen LogP contribution in [0, 0.1) is 5.41 Å². The summed E-state index contributed by atoms with van der Waals surface area (Å²) in [5.74, 6) is -0.0000340. The third-order valence-corrected chi connectivity index (χ3v) is 5.69. The van der Waals surface area contributed by atoms with Gasteiger partial charge in [0.05, 0.1) is 32.9 Å². The minimum Gasteiger partial charge on any atom is -0.355 e. The molecule has 0 spiro atoms. The summed E-state index contributed by atoms with van der Waals surface area (Å²) in [6, 6.07) is 0. The SMILES string of the molecule is CCC(C)(C)C(=O)NCCC[N+](C)(C)CCCCCCCS(=O)(=O)O. The molecule has 0 bridgehead atoms. The number of rotatable bonds is 14. The minimum absolute atomic E-state index is 0.130. The maximum absolute atomic E-state index is 12.0. The van der Waals surface area contributed by atoms with Crippen molar-refractivity contribution in [3.8, 4) is 0 Å². The smallest absolute Gasteiger partial charge is 0.264 e. The minimum atomic E-state index is -3.80. The van der Waals surface area contributed by atoms with Gasteiger partial charge >= 0.3 is 0 Å². The Hall–Kier alpha value is -0.660. The molecule has 0 radical (unpaired) electrons. The van der Waals surface area contributed by atoms with E-state index in [9.17, 15) is 13.2 Å². The molecule has 0 atom stereocenters. The van der Waals surface area contributed by atoms with Gasteiger partial charge in [0.2, 0.25) is 5.91 Å². The van der Waals surface area contributed by atoms with Crippen LogP contribution in [0.2, 0.25) is 0 Å². The van der Waals surface area contributed by atoms with Crippen LogP contribution in [-0.2, 0) is 14.9 Å². The van der Waals surface area contributed by atoms with Gasteiger partial charge in [0.15, 0.2) is 0 Å². The molecule has 0 heterocycles. The normalized spacial score (nSPS) is 13.0. The van der Waals surface area contributed by atoms with Crippen LogP contribution in [0.5, 0.6) is 0 Å². The van der Waals surface area contributed by atoms with Crippen molar-refractivity contribution in [1.29, 1.82) is 0 Å². The third kappa shape index (κ3) is 13.2. The van der Waals surface area contributed by atoms with E-state index in [1.807, 2.05) is 20.8 Å². The van der Waals surface area contributed by atoms with Crippen molar-refractivity contribution in [2.75, 3.05) is 39.5 Å². The van der Waals surface area contributed by atoms with Crippen molar-refractivity contribution in [3.63, 3.8) is 0 Å². The van der Waals surface area contributed by atoms with Gasteiger partial charge < -0.3 is 9.80 Å². The molecule has 150 valence electrons. The first kappa shape index (κ1) is 24.3. The van der Waals surface area contributed by atoms with Crippen LogP contribution in [0.25, 0.3) is 0 Å². The summed E-state index contributed by atoms with van der Waals surface area (Å²) in [4.78, 5) is 12.0. The van der Waals surface area contributed by atoms with Gasteiger partial charge in [-0.3, -0.25) is 9.35 Å². The van der Waals surface area contributed by atoms with E-state index in [2.05, 4.69) is 19.4 Å². The largest absolute Gasteiger partial charge is 0.355 e. The van der Waals surface area contributed by atoms with E-state index in [1.54, 1.807) is 0 Å². The van der Waals surface area contributed by atoms with Gasteiger partial charge in [0.1, 0.15) is 0 Å². The molecule has 0 aliphatic heterocycles. The van der Waals surface area contributed by atoms with E-state index in [4.69, 9.17) is 4.55 Å². The quantitative estimate of drug-likeness (QED) is 0.276. The molecule has 1 amide bonds. The van der Waals surface area contributed by atoms with E-state index in [0.717, 1.165) is 62.6 Å². The highest BCUT2D eigenvalue weighted by Crippen LogP contribution is 2.19. The number of nitrogens with one attached hydrogen (secondary N) is 1. The van der Waals surface area contributed by atoms with Crippen molar-refractivity contribution in [1.82, 2.24) is 5.32 Å². The standard InChI is InChI=1S/C18H38N2O4S/c1-6-18(2,3)17(21)19-13-12-15-20(4,5)14-10-8-7-9-11-16-25(22,23)24/h6-16H2,1-5H3,(H-,19,21,22,23,24)/p+1. The molecular weight excluding hydrogens is 340 g/mol. The van der Waals surface area contributed by atoms with Gasteiger partial charge in [0.25, 0.3) is 10.1 Å². The Balaban J connectivity index is 3.76. The Kier molecular flexibility index (Phi) is 10.8. The summed E-state index contributed by atoms with van der Waals surface area (Å²) in [6.07, 6.45) is 6.36. The van der Waals surface area contributed by atoms with Crippen molar-refractivity contribution < 1.29 is 22.2 Å². The fourth-order valence-electron chi connectivity index (χ4n) is 2.58. The van der Waals surface area contributed by atoms with Crippen molar-refractivity contribution >= 4 is 16.0 Å². The summed E-state index contributed by atoms with van der Waals surface area (Å²) >= 11 is 0. The fraction of sp³-hybridized carbons (Fsp3) is 0.944. The molecule has 0 aromatic heterocycles. The lowest BCUT2D eigenvalue weighted by Crippen LogP contribution is -2.43. The highest BCUT2D eigenvalue weighted by atomic mass is 32.2. The van der Waals surface area contributed by atoms with Gasteiger partial charge in [-0.15, -0.1) is 0 Å². The zero-order valence-corrected chi connectivity index (χ0v) is 17.6. The van der Waals surface area contributed by atoms with E-state index in [0.29, 0.717) is 6.42 Å². The topological polar surface area (TPSA) is 83.5 Å². The molecule has 0 aliphatic carbocycles. The lowest BCUT2D eigenvalue weighted by molar-refractivity contribution is -0.890. The molecule has 25 heavy (non-hydrogen) atoms. The number of amides is 1. The molecule has 7 heteroatoms. The van der Waals surface area contributed by atoms with Crippen LogP contribution >= 0.6 is 0 Å². The van der Waals surface area contributed by atoms with Crippen LogP contribution in [-0.4, -0.2) is 62.8 Å². The summed E-state index contributed by atoms with van der Waals surface area (Å²) < 4.78 is 30.8. The van der Waals surface area contributed by atoms with Crippen LogP contribution in [0.1, 0.15) is 65.7 Å². The summed E-state index contributed by atoms with van der Waals surface area (Å²) in [5, 5.41) is 3.03. The number of quaternary nitrogens is 1. The lowest BCUT2D eigenvalue weighted by Gasteiger charge is -2.30. The molecule has 0 saturated carbocycles. The molecule has 0 rings (SSSR count). The van der Waals surface area contributed by atoms with Gasteiger partial charge in [-0.2, -0.15) is 8.42 Å². The van der Waals surface area contributed by atoms with Crippen molar-refractivity contribution in [2.45, 2.75) is 65.7 Å².